The quantitative estimate of drug-likeness (QED) is 0.839. The molecule has 0 aliphatic rings. The largest absolute Gasteiger partial charge is 0.445 e. The molecule has 1 amide bonds. The van der Waals surface area contributed by atoms with Crippen LogP contribution in [0.15, 0.2) is 53.0 Å². The SMILES string of the molecule is O=C(NCCc1ccc(Cl)cc1Br)OCc1ccccc1. The minimum absolute atomic E-state index is 0.275. The van der Waals surface area contributed by atoms with Gasteiger partial charge in [0.2, 0.25) is 0 Å². The summed E-state index contributed by atoms with van der Waals surface area (Å²) in [7, 11) is 0. The van der Waals surface area contributed by atoms with E-state index in [1.807, 2.05) is 48.5 Å². The lowest BCUT2D eigenvalue weighted by Gasteiger charge is -2.08. The number of carbonyl (C=O) groups excluding carboxylic acids is 1. The molecule has 0 saturated heterocycles. The average molecular weight is 369 g/mol. The number of carbonyl (C=O) groups is 1. The molecule has 2 aromatic rings. The number of nitrogens with one attached hydrogen (secondary N) is 1. The van der Waals surface area contributed by atoms with E-state index in [2.05, 4.69) is 21.2 Å². The fourth-order valence-corrected chi connectivity index (χ4v) is 2.68. The van der Waals surface area contributed by atoms with Crippen LogP contribution in [0.4, 0.5) is 4.79 Å². The number of amides is 1. The van der Waals surface area contributed by atoms with Crippen molar-refractivity contribution in [3.63, 3.8) is 0 Å². The molecule has 0 unspecified atom stereocenters. The van der Waals surface area contributed by atoms with Gasteiger partial charge in [-0.1, -0.05) is 63.9 Å². The molecular weight excluding hydrogens is 354 g/mol. The monoisotopic (exact) mass is 367 g/mol. The molecule has 21 heavy (non-hydrogen) atoms. The second-order valence-corrected chi connectivity index (χ2v) is 5.77. The molecule has 0 aliphatic heterocycles. The van der Waals surface area contributed by atoms with Crippen LogP contribution in [0.3, 0.4) is 0 Å². The first-order valence-electron chi connectivity index (χ1n) is 6.53. The first-order valence-corrected chi connectivity index (χ1v) is 7.71. The maximum atomic E-state index is 11.6. The molecule has 0 spiro atoms. The van der Waals surface area contributed by atoms with E-state index in [9.17, 15) is 4.79 Å². The van der Waals surface area contributed by atoms with Crippen molar-refractivity contribution in [2.45, 2.75) is 13.0 Å². The normalized spacial score (nSPS) is 10.2. The zero-order valence-electron chi connectivity index (χ0n) is 11.3. The Hall–Kier alpha value is -1.52. The minimum atomic E-state index is -0.413. The topological polar surface area (TPSA) is 38.3 Å². The Morgan fingerprint density at radius 3 is 2.67 bits per heavy atom. The van der Waals surface area contributed by atoms with Crippen LogP contribution in [0.2, 0.25) is 5.02 Å². The fourth-order valence-electron chi connectivity index (χ4n) is 1.80. The number of hydrogen-bond donors (Lipinski definition) is 1. The van der Waals surface area contributed by atoms with Crippen molar-refractivity contribution < 1.29 is 9.53 Å². The molecular formula is C16H15BrClNO2. The number of hydrogen-bond acceptors (Lipinski definition) is 2. The maximum absolute atomic E-state index is 11.6. The molecule has 3 nitrogen and oxygen atoms in total. The molecule has 0 heterocycles. The Morgan fingerprint density at radius 2 is 1.95 bits per heavy atom. The summed E-state index contributed by atoms with van der Waals surface area (Å²) in [6, 6.07) is 15.2. The van der Waals surface area contributed by atoms with Crippen LogP contribution in [0, 0.1) is 0 Å². The van der Waals surface area contributed by atoms with Gasteiger partial charge in [-0.15, -0.1) is 0 Å². The molecule has 0 radical (unpaired) electrons. The van der Waals surface area contributed by atoms with Gasteiger partial charge < -0.3 is 10.1 Å². The van der Waals surface area contributed by atoms with Crippen molar-refractivity contribution in [3.05, 3.63) is 69.2 Å². The van der Waals surface area contributed by atoms with Crippen LogP contribution in [0.1, 0.15) is 11.1 Å². The summed E-state index contributed by atoms with van der Waals surface area (Å²) in [5, 5.41) is 3.41. The lowest BCUT2D eigenvalue weighted by molar-refractivity contribution is 0.140. The molecule has 2 rings (SSSR count). The maximum Gasteiger partial charge on any atom is 0.407 e. The molecule has 0 bridgehead atoms. The third kappa shape index (κ3) is 5.40. The highest BCUT2D eigenvalue weighted by Crippen LogP contribution is 2.21. The second kappa shape index (κ2) is 8.05. The van der Waals surface area contributed by atoms with Crippen LogP contribution in [0.5, 0.6) is 0 Å². The summed E-state index contributed by atoms with van der Waals surface area (Å²) >= 11 is 9.33. The van der Waals surface area contributed by atoms with Gasteiger partial charge in [0, 0.05) is 16.0 Å². The average Bonchev–Trinajstić information content (AvgIpc) is 2.48. The predicted octanol–water partition coefficient (Wildman–Crippen LogP) is 4.57. The zero-order chi connectivity index (χ0) is 15.1. The highest BCUT2D eigenvalue weighted by molar-refractivity contribution is 9.10. The summed E-state index contributed by atoms with van der Waals surface area (Å²) in [6.45, 7) is 0.783. The van der Waals surface area contributed by atoms with Gasteiger partial charge in [0.1, 0.15) is 6.61 Å². The third-order valence-electron chi connectivity index (χ3n) is 2.89. The third-order valence-corrected chi connectivity index (χ3v) is 3.86. The van der Waals surface area contributed by atoms with Crippen molar-refractivity contribution in [2.24, 2.45) is 0 Å². The number of benzene rings is 2. The molecule has 0 atom stereocenters. The summed E-state index contributed by atoms with van der Waals surface area (Å²) in [4.78, 5) is 11.6. The van der Waals surface area contributed by atoms with E-state index in [0.717, 1.165) is 15.6 Å². The molecule has 1 N–H and O–H groups in total. The number of ether oxygens (including phenoxy) is 1. The molecule has 0 aromatic heterocycles. The predicted molar refractivity (Wildman–Crippen MR) is 87.5 cm³/mol. The van der Waals surface area contributed by atoms with Crippen molar-refractivity contribution >= 4 is 33.6 Å². The van der Waals surface area contributed by atoms with E-state index in [-0.39, 0.29) is 6.61 Å². The fraction of sp³-hybridized carbons (Fsp3) is 0.188. The molecule has 110 valence electrons. The van der Waals surface area contributed by atoms with E-state index in [1.54, 1.807) is 0 Å². The molecule has 0 saturated carbocycles. The van der Waals surface area contributed by atoms with E-state index in [1.165, 1.54) is 0 Å². The second-order valence-electron chi connectivity index (χ2n) is 4.47. The van der Waals surface area contributed by atoms with Gasteiger partial charge >= 0.3 is 6.09 Å². The van der Waals surface area contributed by atoms with E-state index < -0.39 is 6.09 Å². The van der Waals surface area contributed by atoms with Gasteiger partial charge in [0.15, 0.2) is 0 Å². The summed E-state index contributed by atoms with van der Waals surface area (Å²) < 4.78 is 6.07. The lowest BCUT2D eigenvalue weighted by atomic mass is 10.1. The Bertz CT molecular complexity index is 604. The Labute approximate surface area is 137 Å². The van der Waals surface area contributed by atoms with Crippen LogP contribution in [-0.4, -0.2) is 12.6 Å². The van der Waals surface area contributed by atoms with Crippen LogP contribution < -0.4 is 5.32 Å². The highest BCUT2D eigenvalue weighted by atomic mass is 79.9. The van der Waals surface area contributed by atoms with Crippen molar-refractivity contribution in [2.75, 3.05) is 6.54 Å². The first-order chi connectivity index (χ1) is 10.1. The Balaban J connectivity index is 1.72. The minimum Gasteiger partial charge on any atom is -0.445 e. The van der Waals surface area contributed by atoms with E-state index in [4.69, 9.17) is 16.3 Å². The van der Waals surface area contributed by atoms with Crippen LogP contribution >= 0.6 is 27.5 Å². The Morgan fingerprint density at radius 1 is 1.19 bits per heavy atom. The first kappa shape index (κ1) is 15.9. The standard InChI is InChI=1S/C16H15BrClNO2/c17-15-10-14(18)7-6-13(15)8-9-19-16(20)21-11-12-4-2-1-3-5-12/h1-7,10H,8-9,11H2,(H,19,20). The summed E-state index contributed by atoms with van der Waals surface area (Å²) in [5.74, 6) is 0. The van der Waals surface area contributed by atoms with Gasteiger partial charge in [-0.2, -0.15) is 0 Å². The number of halogens is 2. The molecule has 5 heteroatoms. The molecule has 2 aromatic carbocycles. The molecule has 0 aliphatic carbocycles. The zero-order valence-corrected chi connectivity index (χ0v) is 13.7. The van der Waals surface area contributed by atoms with Crippen molar-refractivity contribution in [1.29, 1.82) is 0 Å². The van der Waals surface area contributed by atoms with E-state index in [0.29, 0.717) is 18.0 Å². The van der Waals surface area contributed by atoms with Crippen LogP contribution in [-0.2, 0) is 17.8 Å². The van der Waals surface area contributed by atoms with Gasteiger partial charge in [-0.3, -0.25) is 0 Å². The number of alkyl carbamates (subject to hydrolysis) is 1. The van der Waals surface area contributed by atoms with Gasteiger partial charge in [-0.05, 0) is 29.7 Å². The lowest BCUT2D eigenvalue weighted by Crippen LogP contribution is -2.26. The molecule has 0 fully saturated rings. The van der Waals surface area contributed by atoms with Gasteiger partial charge in [0.25, 0.3) is 0 Å². The Kier molecular flexibility index (Phi) is 6.08. The summed E-state index contributed by atoms with van der Waals surface area (Å²) in [6.07, 6.45) is 0.294. The van der Waals surface area contributed by atoms with Gasteiger partial charge in [0.05, 0.1) is 0 Å². The highest BCUT2D eigenvalue weighted by Gasteiger charge is 2.04. The van der Waals surface area contributed by atoms with E-state index >= 15 is 0 Å². The van der Waals surface area contributed by atoms with Gasteiger partial charge in [-0.25, -0.2) is 4.79 Å². The van der Waals surface area contributed by atoms with Crippen molar-refractivity contribution in [3.8, 4) is 0 Å². The summed E-state index contributed by atoms with van der Waals surface area (Å²) in [5.41, 5.74) is 2.05. The van der Waals surface area contributed by atoms with Crippen LogP contribution in [0.25, 0.3) is 0 Å². The smallest absolute Gasteiger partial charge is 0.407 e. The van der Waals surface area contributed by atoms with Crippen molar-refractivity contribution in [1.82, 2.24) is 5.32 Å². The number of rotatable bonds is 5.